The summed E-state index contributed by atoms with van der Waals surface area (Å²) < 4.78 is 23.7. The standard InChI is InChI=1S/C24H52NO2S2.BrH/c1-5-8-15-20-25(21-16-9-6-2,22-17-10-7-3)23-18-13-11-12-14-19-24-28-29(4,26)27;/h5-24H2,1-4H3;1H/q+1;/p-1. The zero-order valence-electron chi connectivity index (χ0n) is 20.6. The van der Waals surface area contributed by atoms with E-state index >= 15 is 0 Å². The van der Waals surface area contributed by atoms with Crippen molar-refractivity contribution in [1.82, 2.24) is 0 Å². The average Bonchev–Trinajstić information content (AvgIpc) is 2.66. The zero-order chi connectivity index (χ0) is 21.8. The molecule has 0 heterocycles. The highest BCUT2D eigenvalue weighted by Gasteiger charge is 2.25. The van der Waals surface area contributed by atoms with Gasteiger partial charge in [-0.2, -0.15) is 0 Å². The summed E-state index contributed by atoms with van der Waals surface area (Å²) in [5, 5.41) is 0. The minimum absolute atomic E-state index is 0. The summed E-state index contributed by atoms with van der Waals surface area (Å²) in [6, 6.07) is 0. The maximum atomic E-state index is 11.1. The molecule has 0 saturated carbocycles. The predicted molar refractivity (Wildman–Crippen MR) is 133 cm³/mol. The Morgan fingerprint density at radius 3 is 1.27 bits per heavy atom. The van der Waals surface area contributed by atoms with Crippen LogP contribution in [0.25, 0.3) is 0 Å². The third kappa shape index (κ3) is 20.6. The van der Waals surface area contributed by atoms with Crippen LogP contribution >= 0.6 is 10.8 Å². The predicted octanol–water partition coefficient (Wildman–Crippen LogP) is 4.41. The molecule has 0 aromatic heterocycles. The first kappa shape index (κ1) is 32.9. The smallest absolute Gasteiger partial charge is 0.198 e. The van der Waals surface area contributed by atoms with Gasteiger partial charge in [0.05, 0.1) is 26.2 Å². The lowest BCUT2D eigenvalue weighted by Gasteiger charge is -2.39. The number of rotatable bonds is 22. The molecule has 0 amide bonds. The molecule has 0 aromatic rings. The molecule has 0 aliphatic heterocycles. The maximum absolute atomic E-state index is 11.1. The van der Waals surface area contributed by atoms with Crippen molar-refractivity contribution in [2.24, 2.45) is 0 Å². The SMILES string of the molecule is CCCCC[N+](CCCCC)(CCCCC)CCCCCCCCSS(C)(=O)=O.[Br-]. The fraction of sp³-hybridized carbons (Fsp3) is 1.00. The lowest BCUT2D eigenvalue weighted by Crippen LogP contribution is -3.00. The van der Waals surface area contributed by atoms with Crippen LogP contribution in [0.2, 0.25) is 0 Å². The summed E-state index contributed by atoms with van der Waals surface area (Å²) in [5.74, 6) is 0.755. The molecule has 0 spiro atoms. The van der Waals surface area contributed by atoms with Gasteiger partial charge >= 0.3 is 0 Å². The molecule has 6 heteroatoms. The monoisotopic (exact) mass is 529 g/mol. The van der Waals surface area contributed by atoms with Gasteiger partial charge in [-0.05, 0) is 68.6 Å². The quantitative estimate of drug-likeness (QED) is 0.118. The molecule has 0 unspecified atom stereocenters. The fourth-order valence-corrected chi connectivity index (χ4v) is 6.12. The minimum Gasteiger partial charge on any atom is -1.00 e. The average molecular weight is 531 g/mol. The van der Waals surface area contributed by atoms with E-state index in [1.165, 1.54) is 127 Å². The van der Waals surface area contributed by atoms with Gasteiger partial charge in [0, 0.05) is 12.0 Å². The molecule has 0 N–H and O–H groups in total. The molecule has 0 fully saturated rings. The Kier molecular flexibility index (Phi) is 23.7. The first-order chi connectivity index (χ1) is 13.9. The molecule has 3 nitrogen and oxygen atoms in total. The van der Waals surface area contributed by atoms with E-state index in [-0.39, 0.29) is 17.0 Å². The Morgan fingerprint density at radius 2 is 0.900 bits per heavy atom. The maximum Gasteiger partial charge on any atom is 0.198 e. The Bertz CT molecular complexity index is 432. The number of unbranched alkanes of at least 4 members (excludes halogenated alkanes) is 11. The molecule has 0 aliphatic rings. The van der Waals surface area contributed by atoms with Crippen molar-refractivity contribution in [3.05, 3.63) is 0 Å². The van der Waals surface area contributed by atoms with Crippen LogP contribution in [0.5, 0.6) is 0 Å². The van der Waals surface area contributed by atoms with E-state index in [4.69, 9.17) is 0 Å². The van der Waals surface area contributed by atoms with Crippen LogP contribution in [-0.4, -0.2) is 51.1 Å². The Balaban J connectivity index is 0. The van der Waals surface area contributed by atoms with Crippen LogP contribution in [0.4, 0.5) is 0 Å². The summed E-state index contributed by atoms with van der Waals surface area (Å²) in [6.45, 7) is 12.5. The van der Waals surface area contributed by atoms with Crippen LogP contribution in [0.3, 0.4) is 0 Å². The molecule has 184 valence electrons. The largest absolute Gasteiger partial charge is 1.00 e. The summed E-state index contributed by atoms with van der Waals surface area (Å²) in [4.78, 5) is 0. The Morgan fingerprint density at radius 1 is 0.567 bits per heavy atom. The van der Waals surface area contributed by atoms with E-state index in [0.29, 0.717) is 0 Å². The molecule has 0 saturated heterocycles. The van der Waals surface area contributed by atoms with Gasteiger partial charge in [-0.1, -0.05) is 59.3 Å². The summed E-state index contributed by atoms with van der Waals surface area (Å²) in [6.07, 6.45) is 21.1. The topological polar surface area (TPSA) is 34.1 Å². The van der Waals surface area contributed by atoms with Crippen molar-refractivity contribution in [3.63, 3.8) is 0 Å². The minimum atomic E-state index is -2.86. The highest BCUT2D eigenvalue weighted by Crippen LogP contribution is 2.19. The van der Waals surface area contributed by atoms with Crippen LogP contribution in [0.1, 0.15) is 117 Å². The molecule has 0 bridgehead atoms. The fourth-order valence-electron chi connectivity index (χ4n) is 4.23. The number of halogens is 1. The van der Waals surface area contributed by atoms with E-state index in [9.17, 15) is 8.42 Å². The molecular weight excluding hydrogens is 478 g/mol. The molecule has 30 heavy (non-hydrogen) atoms. The molecule has 0 aliphatic carbocycles. The third-order valence-electron chi connectivity index (χ3n) is 6.03. The van der Waals surface area contributed by atoms with Gasteiger partial charge in [0.2, 0.25) is 0 Å². The first-order valence-electron chi connectivity index (χ1n) is 12.6. The Hall–Kier alpha value is 0.740. The summed E-state index contributed by atoms with van der Waals surface area (Å²) in [7, 11) is -1.75. The van der Waals surface area contributed by atoms with E-state index in [1.807, 2.05) is 0 Å². The van der Waals surface area contributed by atoms with Crippen LogP contribution in [-0.2, 0) is 8.87 Å². The molecular formula is C24H52BrNO2S2. The van der Waals surface area contributed by atoms with Gasteiger partial charge in [0.25, 0.3) is 0 Å². The van der Waals surface area contributed by atoms with Crippen molar-refractivity contribution in [1.29, 1.82) is 0 Å². The van der Waals surface area contributed by atoms with Crippen molar-refractivity contribution in [2.75, 3.05) is 38.2 Å². The number of quaternary nitrogens is 1. The van der Waals surface area contributed by atoms with Crippen LogP contribution in [0, 0.1) is 0 Å². The zero-order valence-corrected chi connectivity index (χ0v) is 23.8. The second-order valence-electron chi connectivity index (χ2n) is 9.00. The third-order valence-corrected chi connectivity index (χ3v) is 8.70. The number of hydrogen-bond acceptors (Lipinski definition) is 3. The van der Waals surface area contributed by atoms with Crippen LogP contribution in [0.15, 0.2) is 0 Å². The van der Waals surface area contributed by atoms with Gasteiger partial charge in [-0.3, -0.25) is 0 Å². The lowest BCUT2D eigenvalue weighted by molar-refractivity contribution is -0.929. The van der Waals surface area contributed by atoms with Crippen molar-refractivity contribution < 1.29 is 29.9 Å². The van der Waals surface area contributed by atoms with Gasteiger partial charge in [0.15, 0.2) is 8.87 Å². The second-order valence-corrected chi connectivity index (χ2v) is 13.6. The van der Waals surface area contributed by atoms with Gasteiger partial charge in [0.1, 0.15) is 0 Å². The summed E-state index contributed by atoms with van der Waals surface area (Å²) >= 11 is 0. The van der Waals surface area contributed by atoms with E-state index in [0.717, 1.165) is 23.0 Å². The van der Waals surface area contributed by atoms with Crippen LogP contribution < -0.4 is 17.0 Å². The molecule has 0 rings (SSSR count). The normalized spacial score (nSPS) is 12.1. The number of hydrogen-bond donors (Lipinski definition) is 0. The lowest BCUT2D eigenvalue weighted by atomic mass is 10.1. The van der Waals surface area contributed by atoms with E-state index in [1.54, 1.807) is 0 Å². The first-order valence-corrected chi connectivity index (χ1v) is 16.0. The van der Waals surface area contributed by atoms with E-state index < -0.39 is 8.87 Å². The van der Waals surface area contributed by atoms with Crippen molar-refractivity contribution in [2.45, 2.75) is 117 Å². The molecule has 0 radical (unpaired) electrons. The van der Waals surface area contributed by atoms with Gasteiger partial charge in [-0.15, -0.1) is 0 Å². The number of nitrogens with zero attached hydrogens (tertiary/aromatic N) is 1. The van der Waals surface area contributed by atoms with Gasteiger partial charge < -0.3 is 21.5 Å². The second kappa shape index (κ2) is 21.6. The van der Waals surface area contributed by atoms with Gasteiger partial charge in [-0.25, -0.2) is 8.42 Å². The van der Waals surface area contributed by atoms with Crippen molar-refractivity contribution >= 4 is 19.7 Å². The Labute approximate surface area is 204 Å². The molecule has 0 atom stereocenters. The molecule has 0 aromatic carbocycles. The summed E-state index contributed by atoms with van der Waals surface area (Å²) in [5.41, 5.74) is 0. The van der Waals surface area contributed by atoms with Crippen molar-refractivity contribution in [3.8, 4) is 0 Å². The van der Waals surface area contributed by atoms with E-state index in [2.05, 4.69) is 20.8 Å². The highest BCUT2D eigenvalue weighted by atomic mass is 79.9. The highest BCUT2D eigenvalue weighted by molar-refractivity contribution is 8.71.